The second-order valence-corrected chi connectivity index (χ2v) is 5.81. The van der Waals surface area contributed by atoms with E-state index < -0.39 is 12.0 Å². The molecular weight excluding hydrogens is 254 g/mol. The van der Waals surface area contributed by atoms with Gasteiger partial charge in [0, 0.05) is 7.79 Å². The van der Waals surface area contributed by atoms with Gasteiger partial charge in [-0.2, -0.15) is 0 Å². The fourth-order valence-electron chi connectivity index (χ4n) is 2.13. The van der Waals surface area contributed by atoms with Gasteiger partial charge < -0.3 is 10.4 Å². The minimum Gasteiger partial charge on any atom is -0.480 e. The highest BCUT2D eigenvalue weighted by atomic mass is 16.4. The Bertz CT molecular complexity index is 295. The highest BCUT2D eigenvalue weighted by molar-refractivity contribution is 5.83. The third-order valence-electron chi connectivity index (χ3n) is 3.24. The Labute approximate surface area is 124 Å². The van der Waals surface area contributed by atoms with Crippen LogP contribution in [0.3, 0.4) is 0 Å². The Morgan fingerprint density at radius 3 is 2.25 bits per heavy atom. The Hall–Kier alpha value is -1.06. The first-order chi connectivity index (χ1) is 9.97. The van der Waals surface area contributed by atoms with Gasteiger partial charge >= 0.3 is 5.97 Å². The lowest BCUT2D eigenvalue weighted by Gasteiger charge is -2.16. The van der Waals surface area contributed by atoms with E-state index in [9.17, 15) is 9.59 Å². The molecule has 0 radical (unpaired) electrons. The summed E-state index contributed by atoms with van der Waals surface area (Å²) in [6.45, 7) is 4.41. The van der Waals surface area contributed by atoms with Crippen molar-refractivity contribution in [3.8, 4) is 0 Å². The number of carboxylic acid groups (broad SMARTS) is 1. The SMILES string of the molecule is [2H]CCCCCCCCCC(=O)N[C@@H](CC(C)C)C(=O)O. The summed E-state index contributed by atoms with van der Waals surface area (Å²) < 4.78 is 7.04. The lowest BCUT2D eigenvalue weighted by molar-refractivity contribution is -0.142. The van der Waals surface area contributed by atoms with Gasteiger partial charge in [0.1, 0.15) is 6.04 Å². The predicted octanol–water partition coefficient (Wildman–Crippen LogP) is 3.74. The van der Waals surface area contributed by atoms with Crippen LogP contribution in [0, 0.1) is 5.92 Å². The molecule has 0 heterocycles. The largest absolute Gasteiger partial charge is 0.480 e. The molecule has 0 spiro atoms. The molecule has 0 aromatic carbocycles. The van der Waals surface area contributed by atoms with Crippen LogP contribution < -0.4 is 5.32 Å². The smallest absolute Gasteiger partial charge is 0.326 e. The minimum absolute atomic E-state index is 0.155. The maximum atomic E-state index is 11.7. The van der Waals surface area contributed by atoms with Gasteiger partial charge in [-0.25, -0.2) is 4.79 Å². The predicted molar refractivity (Wildman–Crippen MR) is 81.6 cm³/mol. The van der Waals surface area contributed by atoms with Crippen LogP contribution in [0.15, 0.2) is 0 Å². The summed E-state index contributed by atoms with van der Waals surface area (Å²) in [5.41, 5.74) is 0. The van der Waals surface area contributed by atoms with Crippen molar-refractivity contribution >= 4 is 11.9 Å². The highest BCUT2D eigenvalue weighted by Crippen LogP contribution is 2.09. The van der Waals surface area contributed by atoms with Crippen molar-refractivity contribution in [3.05, 3.63) is 0 Å². The molecule has 1 atom stereocenters. The summed E-state index contributed by atoms with van der Waals surface area (Å²) in [5, 5.41) is 11.7. The topological polar surface area (TPSA) is 66.4 Å². The van der Waals surface area contributed by atoms with Gasteiger partial charge in [-0.1, -0.05) is 59.3 Å². The summed E-state index contributed by atoms with van der Waals surface area (Å²) in [7, 11) is 0. The van der Waals surface area contributed by atoms with Crippen LogP contribution in [-0.2, 0) is 9.59 Å². The number of hydrogen-bond donors (Lipinski definition) is 2. The normalized spacial score (nSPS) is 13.1. The summed E-state index contributed by atoms with van der Waals surface area (Å²) >= 11 is 0. The zero-order valence-electron chi connectivity index (χ0n) is 14.0. The molecule has 0 aromatic heterocycles. The monoisotopic (exact) mass is 286 g/mol. The van der Waals surface area contributed by atoms with Crippen molar-refractivity contribution in [2.75, 3.05) is 0 Å². The quantitative estimate of drug-likeness (QED) is 0.537. The molecule has 0 saturated carbocycles. The summed E-state index contributed by atoms with van der Waals surface area (Å²) in [6.07, 6.45) is 8.25. The number of amides is 1. The second-order valence-electron chi connectivity index (χ2n) is 5.81. The first-order valence-electron chi connectivity index (χ1n) is 8.49. The zero-order chi connectivity index (χ0) is 16.1. The summed E-state index contributed by atoms with van der Waals surface area (Å²) in [4.78, 5) is 22.8. The Morgan fingerprint density at radius 1 is 1.10 bits per heavy atom. The molecule has 2 N–H and O–H groups in total. The molecule has 0 aromatic rings. The minimum atomic E-state index is -0.952. The van der Waals surface area contributed by atoms with E-state index >= 15 is 0 Å². The molecule has 0 aliphatic rings. The van der Waals surface area contributed by atoms with E-state index in [1.54, 1.807) is 0 Å². The number of hydrogen-bond acceptors (Lipinski definition) is 2. The van der Waals surface area contributed by atoms with Gasteiger partial charge in [0.15, 0.2) is 0 Å². The van der Waals surface area contributed by atoms with Gasteiger partial charge in [0.2, 0.25) is 5.91 Å². The molecule has 4 nitrogen and oxygen atoms in total. The van der Waals surface area contributed by atoms with Crippen LogP contribution in [0.1, 0.15) is 79.9 Å². The lowest BCUT2D eigenvalue weighted by atomic mass is 10.0. The molecule has 0 saturated heterocycles. The molecular formula is C16H31NO3. The van der Waals surface area contributed by atoms with Crippen LogP contribution >= 0.6 is 0 Å². The van der Waals surface area contributed by atoms with Crippen LogP contribution in [-0.4, -0.2) is 23.0 Å². The molecule has 20 heavy (non-hydrogen) atoms. The third-order valence-corrected chi connectivity index (χ3v) is 3.24. The van der Waals surface area contributed by atoms with E-state index in [-0.39, 0.29) is 11.8 Å². The first kappa shape index (κ1) is 17.0. The van der Waals surface area contributed by atoms with Crippen LogP contribution in [0.4, 0.5) is 0 Å². The van der Waals surface area contributed by atoms with Gasteiger partial charge in [-0.05, 0) is 18.8 Å². The number of carboxylic acids is 1. The number of nitrogens with one attached hydrogen (secondary N) is 1. The van der Waals surface area contributed by atoms with E-state index in [1.807, 2.05) is 13.8 Å². The number of carbonyl (C=O) groups is 2. The molecule has 0 bridgehead atoms. The molecule has 1 amide bonds. The lowest BCUT2D eigenvalue weighted by Crippen LogP contribution is -2.41. The number of rotatable bonds is 12. The van der Waals surface area contributed by atoms with Crippen LogP contribution in [0.5, 0.6) is 0 Å². The van der Waals surface area contributed by atoms with E-state index in [4.69, 9.17) is 6.48 Å². The second kappa shape index (κ2) is 11.7. The van der Waals surface area contributed by atoms with Crippen molar-refractivity contribution in [3.63, 3.8) is 0 Å². The molecule has 0 aliphatic heterocycles. The van der Waals surface area contributed by atoms with Gasteiger partial charge in [-0.3, -0.25) is 4.79 Å². The van der Waals surface area contributed by atoms with Crippen molar-refractivity contribution in [1.29, 1.82) is 0 Å². The molecule has 4 heteroatoms. The first-order valence-corrected chi connectivity index (χ1v) is 7.78. The maximum absolute atomic E-state index is 11.7. The van der Waals surface area contributed by atoms with Gasteiger partial charge in [0.25, 0.3) is 0 Å². The fourth-order valence-corrected chi connectivity index (χ4v) is 2.13. The summed E-state index contributed by atoms with van der Waals surface area (Å²) in [5.74, 6) is -0.862. The molecule has 0 aliphatic carbocycles. The standard InChI is InChI=1S/C16H31NO3/c1-4-5-6-7-8-9-10-11-15(18)17-14(16(19)20)12-13(2)3/h13-14H,4-12H2,1-3H3,(H,17,18)(H,19,20)/t14-/m0/s1/i1D. The van der Waals surface area contributed by atoms with Gasteiger partial charge in [-0.15, -0.1) is 0 Å². The van der Waals surface area contributed by atoms with Crippen molar-refractivity contribution in [2.45, 2.75) is 84.6 Å². The zero-order valence-corrected chi connectivity index (χ0v) is 13.0. The molecule has 0 rings (SSSR count). The van der Waals surface area contributed by atoms with E-state index in [0.717, 1.165) is 38.5 Å². The number of unbranched alkanes of at least 4 members (excludes halogenated alkanes) is 6. The average molecular weight is 286 g/mol. The molecule has 0 unspecified atom stereocenters. The van der Waals surface area contributed by atoms with E-state index in [1.165, 1.54) is 6.42 Å². The Morgan fingerprint density at radius 2 is 1.70 bits per heavy atom. The van der Waals surface area contributed by atoms with Crippen molar-refractivity contribution in [2.24, 2.45) is 5.92 Å². The summed E-state index contributed by atoms with van der Waals surface area (Å²) in [6, 6.07) is -0.762. The van der Waals surface area contributed by atoms with Gasteiger partial charge in [0.05, 0.1) is 0 Å². The average Bonchev–Trinajstić information content (AvgIpc) is 2.40. The fraction of sp³-hybridized carbons (Fsp3) is 0.875. The molecule has 0 fully saturated rings. The highest BCUT2D eigenvalue weighted by Gasteiger charge is 2.20. The van der Waals surface area contributed by atoms with Crippen molar-refractivity contribution < 1.29 is 16.1 Å². The number of aliphatic carboxylic acids is 1. The van der Waals surface area contributed by atoms with Crippen LogP contribution in [0.2, 0.25) is 0 Å². The van der Waals surface area contributed by atoms with Crippen LogP contribution in [0.25, 0.3) is 0 Å². The number of carbonyl (C=O) groups excluding carboxylic acids is 1. The Kier molecular flexibility index (Phi) is 9.98. The maximum Gasteiger partial charge on any atom is 0.326 e. The molecule has 118 valence electrons. The van der Waals surface area contributed by atoms with E-state index in [0.29, 0.717) is 19.7 Å². The van der Waals surface area contributed by atoms with E-state index in [2.05, 4.69) is 5.32 Å². The third kappa shape index (κ3) is 10.8. The Balaban J connectivity index is 3.66. The van der Waals surface area contributed by atoms with Crippen molar-refractivity contribution in [1.82, 2.24) is 5.32 Å².